The van der Waals surface area contributed by atoms with Crippen LogP contribution in [0.15, 0.2) is 48.5 Å². The summed E-state index contributed by atoms with van der Waals surface area (Å²) >= 11 is 0. The molecular weight excluding hydrogens is 237 g/mol. The second-order valence-corrected chi connectivity index (χ2v) is 5.08. The first-order chi connectivity index (χ1) is 9.06. The summed E-state index contributed by atoms with van der Waals surface area (Å²) < 4.78 is 13.2. The maximum atomic E-state index is 13.2. The van der Waals surface area contributed by atoms with Crippen LogP contribution in [0.4, 0.5) is 4.39 Å². The number of rotatable bonds is 4. The Balaban J connectivity index is 2.08. The van der Waals surface area contributed by atoms with Crippen LogP contribution in [0.2, 0.25) is 0 Å². The lowest BCUT2D eigenvalue weighted by atomic mass is 10.0. The second-order valence-electron chi connectivity index (χ2n) is 5.08. The van der Waals surface area contributed by atoms with E-state index in [1.54, 1.807) is 12.1 Å². The monoisotopic (exact) mass is 257 g/mol. The van der Waals surface area contributed by atoms with E-state index >= 15 is 0 Å². The predicted molar refractivity (Wildman–Crippen MR) is 77.5 cm³/mol. The van der Waals surface area contributed by atoms with Crippen LogP contribution in [0.1, 0.15) is 42.6 Å². The minimum Gasteiger partial charge on any atom is -0.304 e. The largest absolute Gasteiger partial charge is 0.304 e. The average molecular weight is 257 g/mol. The van der Waals surface area contributed by atoms with Crippen molar-refractivity contribution in [2.45, 2.75) is 32.9 Å². The molecule has 0 aliphatic carbocycles. The van der Waals surface area contributed by atoms with Crippen molar-refractivity contribution in [2.24, 2.45) is 0 Å². The number of hydrogen-bond donors (Lipinski definition) is 1. The van der Waals surface area contributed by atoms with Gasteiger partial charge in [0.2, 0.25) is 0 Å². The molecular formula is C17H20FN. The number of aryl methyl sites for hydroxylation is 1. The van der Waals surface area contributed by atoms with E-state index in [0.717, 1.165) is 5.56 Å². The molecule has 1 nitrogen and oxygen atoms in total. The molecule has 0 aliphatic rings. The van der Waals surface area contributed by atoms with Gasteiger partial charge in [-0.3, -0.25) is 0 Å². The van der Waals surface area contributed by atoms with Crippen molar-refractivity contribution in [3.63, 3.8) is 0 Å². The number of nitrogens with one attached hydrogen (secondary N) is 1. The fourth-order valence-corrected chi connectivity index (χ4v) is 2.28. The van der Waals surface area contributed by atoms with E-state index < -0.39 is 0 Å². The van der Waals surface area contributed by atoms with Crippen molar-refractivity contribution in [3.05, 3.63) is 71.0 Å². The number of hydrogen-bond acceptors (Lipinski definition) is 1. The van der Waals surface area contributed by atoms with E-state index in [-0.39, 0.29) is 17.9 Å². The van der Waals surface area contributed by atoms with Gasteiger partial charge in [-0.25, -0.2) is 4.39 Å². The van der Waals surface area contributed by atoms with Gasteiger partial charge in [-0.15, -0.1) is 0 Å². The standard InChI is InChI=1S/C17H20FN/c1-12-6-4-7-15(10-12)13(2)19-14(3)16-8-5-9-17(18)11-16/h4-11,13-14,19H,1-3H3/t13-,14?/m1/s1. The topological polar surface area (TPSA) is 12.0 Å². The first-order valence-electron chi connectivity index (χ1n) is 6.64. The summed E-state index contributed by atoms with van der Waals surface area (Å²) in [5.74, 6) is -0.186. The highest BCUT2D eigenvalue weighted by atomic mass is 19.1. The SMILES string of the molecule is Cc1cccc([C@@H](C)NC(C)c2cccc(F)c2)c1. The van der Waals surface area contributed by atoms with Crippen molar-refractivity contribution in [3.8, 4) is 0 Å². The summed E-state index contributed by atoms with van der Waals surface area (Å²) in [6, 6.07) is 15.6. The van der Waals surface area contributed by atoms with Crippen molar-refractivity contribution < 1.29 is 4.39 Å². The van der Waals surface area contributed by atoms with Crippen LogP contribution in [0.25, 0.3) is 0 Å². The molecule has 0 aromatic heterocycles. The molecule has 2 heteroatoms. The van der Waals surface area contributed by atoms with Gasteiger partial charge in [-0.05, 0) is 44.0 Å². The first kappa shape index (κ1) is 13.8. The molecule has 0 heterocycles. The normalized spacial score (nSPS) is 14.1. The van der Waals surface area contributed by atoms with E-state index in [2.05, 4.69) is 50.4 Å². The predicted octanol–water partition coefficient (Wildman–Crippen LogP) is 4.55. The van der Waals surface area contributed by atoms with Gasteiger partial charge < -0.3 is 5.32 Å². The Morgan fingerprint density at radius 2 is 1.47 bits per heavy atom. The molecule has 2 aromatic rings. The Morgan fingerprint density at radius 3 is 2.05 bits per heavy atom. The molecule has 0 saturated carbocycles. The third-order valence-electron chi connectivity index (χ3n) is 3.39. The smallest absolute Gasteiger partial charge is 0.123 e. The Bertz CT molecular complexity index is 501. The summed E-state index contributed by atoms with van der Waals surface area (Å²) in [4.78, 5) is 0. The molecule has 1 unspecified atom stereocenters. The molecule has 0 amide bonds. The Labute approximate surface area is 114 Å². The lowest BCUT2D eigenvalue weighted by molar-refractivity contribution is 0.492. The molecule has 0 spiro atoms. The highest BCUT2D eigenvalue weighted by Crippen LogP contribution is 2.20. The maximum absolute atomic E-state index is 13.2. The minimum absolute atomic E-state index is 0.117. The molecule has 2 atom stereocenters. The van der Waals surface area contributed by atoms with E-state index in [4.69, 9.17) is 0 Å². The molecule has 1 N–H and O–H groups in total. The van der Waals surface area contributed by atoms with Gasteiger partial charge in [-0.1, -0.05) is 42.0 Å². The molecule has 19 heavy (non-hydrogen) atoms. The second kappa shape index (κ2) is 5.98. The Kier molecular flexibility index (Phi) is 4.33. The minimum atomic E-state index is -0.186. The van der Waals surface area contributed by atoms with Crippen LogP contribution >= 0.6 is 0 Å². The molecule has 0 radical (unpaired) electrons. The number of halogens is 1. The van der Waals surface area contributed by atoms with Crippen molar-refractivity contribution in [1.82, 2.24) is 5.32 Å². The summed E-state index contributed by atoms with van der Waals surface area (Å²) in [6.07, 6.45) is 0. The van der Waals surface area contributed by atoms with Gasteiger partial charge in [0, 0.05) is 12.1 Å². The molecule has 0 saturated heterocycles. The van der Waals surface area contributed by atoms with Crippen LogP contribution in [0, 0.1) is 12.7 Å². The zero-order chi connectivity index (χ0) is 13.8. The van der Waals surface area contributed by atoms with Crippen LogP contribution in [0.3, 0.4) is 0 Å². The molecule has 0 aliphatic heterocycles. The molecule has 0 bridgehead atoms. The maximum Gasteiger partial charge on any atom is 0.123 e. The van der Waals surface area contributed by atoms with Gasteiger partial charge in [0.1, 0.15) is 5.82 Å². The Morgan fingerprint density at radius 1 is 0.895 bits per heavy atom. The Hall–Kier alpha value is -1.67. The van der Waals surface area contributed by atoms with Crippen molar-refractivity contribution in [1.29, 1.82) is 0 Å². The van der Waals surface area contributed by atoms with Crippen LogP contribution in [-0.4, -0.2) is 0 Å². The molecule has 0 fully saturated rings. The summed E-state index contributed by atoms with van der Waals surface area (Å²) in [7, 11) is 0. The van der Waals surface area contributed by atoms with E-state index in [1.165, 1.54) is 17.2 Å². The quantitative estimate of drug-likeness (QED) is 0.847. The lowest BCUT2D eigenvalue weighted by Gasteiger charge is -2.21. The van der Waals surface area contributed by atoms with Crippen LogP contribution in [-0.2, 0) is 0 Å². The van der Waals surface area contributed by atoms with E-state index in [9.17, 15) is 4.39 Å². The summed E-state index contributed by atoms with van der Waals surface area (Å²) in [6.45, 7) is 6.28. The third-order valence-corrected chi connectivity index (χ3v) is 3.39. The highest BCUT2D eigenvalue weighted by molar-refractivity contribution is 5.26. The van der Waals surface area contributed by atoms with Crippen molar-refractivity contribution >= 4 is 0 Å². The third kappa shape index (κ3) is 3.65. The zero-order valence-corrected chi connectivity index (χ0v) is 11.7. The summed E-state index contributed by atoms with van der Waals surface area (Å²) in [5, 5.41) is 3.50. The van der Waals surface area contributed by atoms with Gasteiger partial charge in [0.15, 0.2) is 0 Å². The number of benzene rings is 2. The van der Waals surface area contributed by atoms with Crippen LogP contribution < -0.4 is 5.32 Å². The highest BCUT2D eigenvalue weighted by Gasteiger charge is 2.11. The van der Waals surface area contributed by atoms with Gasteiger partial charge in [-0.2, -0.15) is 0 Å². The molecule has 100 valence electrons. The van der Waals surface area contributed by atoms with Gasteiger partial charge in [0.05, 0.1) is 0 Å². The first-order valence-corrected chi connectivity index (χ1v) is 6.64. The van der Waals surface area contributed by atoms with Crippen LogP contribution in [0.5, 0.6) is 0 Å². The average Bonchev–Trinajstić information content (AvgIpc) is 2.38. The lowest BCUT2D eigenvalue weighted by Crippen LogP contribution is -2.22. The molecule has 2 rings (SSSR count). The fourth-order valence-electron chi connectivity index (χ4n) is 2.28. The summed E-state index contributed by atoms with van der Waals surface area (Å²) in [5.41, 5.74) is 3.48. The van der Waals surface area contributed by atoms with Crippen molar-refractivity contribution in [2.75, 3.05) is 0 Å². The van der Waals surface area contributed by atoms with E-state index in [0.29, 0.717) is 0 Å². The van der Waals surface area contributed by atoms with Gasteiger partial charge >= 0.3 is 0 Å². The zero-order valence-electron chi connectivity index (χ0n) is 11.7. The molecule has 2 aromatic carbocycles. The fraction of sp³-hybridized carbons (Fsp3) is 0.294. The van der Waals surface area contributed by atoms with E-state index in [1.807, 2.05) is 6.07 Å². The van der Waals surface area contributed by atoms with Gasteiger partial charge in [0.25, 0.3) is 0 Å².